The van der Waals surface area contributed by atoms with Crippen molar-refractivity contribution in [2.24, 2.45) is 5.92 Å². The lowest BCUT2D eigenvalue weighted by atomic mass is 10.1. The summed E-state index contributed by atoms with van der Waals surface area (Å²) in [6.07, 6.45) is -0.996. The molecule has 0 aliphatic carbocycles. The van der Waals surface area contributed by atoms with Crippen molar-refractivity contribution in [3.8, 4) is 0 Å². The van der Waals surface area contributed by atoms with Crippen LogP contribution in [0.4, 0.5) is 9.59 Å². The molecule has 1 fully saturated rings. The second-order valence-electron chi connectivity index (χ2n) is 11.0. The van der Waals surface area contributed by atoms with Gasteiger partial charge in [-0.1, -0.05) is 51.1 Å². The quantitative estimate of drug-likeness (QED) is 0.497. The lowest BCUT2D eigenvalue weighted by molar-refractivity contribution is 0.0272. The molecule has 1 N–H and O–H groups in total. The van der Waals surface area contributed by atoms with Crippen LogP contribution in [0.25, 0.3) is 0 Å². The molecule has 2 amide bonds. The predicted octanol–water partition coefficient (Wildman–Crippen LogP) is 5.40. The van der Waals surface area contributed by atoms with Crippen LogP contribution in [-0.4, -0.2) is 56.7 Å². The molecule has 1 aromatic carbocycles. The Balaban J connectivity index is 0.00000544. The van der Waals surface area contributed by atoms with Gasteiger partial charge in [0.25, 0.3) is 0 Å². The van der Waals surface area contributed by atoms with Crippen LogP contribution in [0.15, 0.2) is 30.3 Å². The first-order valence-electron chi connectivity index (χ1n) is 11.3. The Bertz CT molecular complexity index is 782. The monoisotopic (exact) mass is 532 g/mol. The van der Waals surface area contributed by atoms with Gasteiger partial charge in [-0.25, -0.2) is 9.59 Å². The van der Waals surface area contributed by atoms with Gasteiger partial charge in [-0.05, 0) is 44.5 Å². The Morgan fingerprint density at radius 1 is 1.03 bits per heavy atom. The Labute approximate surface area is 220 Å². The number of hydrogen-bond donors (Lipinski definition) is 1. The standard InChI is InChI=1S/C24H40N2O5Si.2H2S/c1-23(2,3)30-22(28)26-15-19(20(16-26)31-32(7,8)24(4,5)6)14-25-21(27)29-17-18-12-10-9-11-13-18;;/h9-13,19-20H,14-17H2,1-8H3,(H,25,27);2*1H2/t19-,20+;;/m0../s1. The number of ether oxygens (including phenoxy) is 2. The van der Waals surface area contributed by atoms with Crippen molar-refractivity contribution in [3.63, 3.8) is 0 Å². The number of carbonyl (C=O) groups excluding carboxylic acids is 2. The highest BCUT2D eigenvalue weighted by atomic mass is 32.1. The minimum Gasteiger partial charge on any atom is -0.445 e. The van der Waals surface area contributed by atoms with E-state index in [-0.39, 0.29) is 56.8 Å². The van der Waals surface area contributed by atoms with Crippen LogP contribution in [0, 0.1) is 5.92 Å². The van der Waals surface area contributed by atoms with Crippen molar-refractivity contribution in [1.82, 2.24) is 10.2 Å². The Hall–Kier alpha value is -1.36. The van der Waals surface area contributed by atoms with Gasteiger partial charge in [0.1, 0.15) is 12.2 Å². The van der Waals surface area contributed by atoms with Gasteiger partial charge in [-0.15, -0.1) is 0 Å². The van der Waals surface area contributed by atoms with E-state index in [0.29, 0.717) is 19.6 Å². The van der Waals surface area contributed by atoms with E-state index < -0.39 is 20.0 Å². The number of nitrogens with one attached hydrogen (secondary N) is 1. The SMILES string of the molecule is CC(C)(C)OC(=O)N1C[C@H](CNC(=O)OCc2ccccc2)[C@H](O[Si](C)(C)C(C)(C)C)C1.S.S. The molecule has 10 heteroatoms. The Morgan fingerprint density at radius 2 is 1.62 bits per heavy atom. The number of benzene rings is 1. The second-order valence-corrected chi connectivity index (χ2v) is 15.8. The first-order valence-corrected chi connectivity index (χ1v) is 14.2. The highest BCUT2D eigenvalue weighted by Gasteiger charge is 2.45. The van der Waals surface area contributed by atoms with Gasteiger partial charge in [0.2, 0.25) is 0 Å². The summed E-state index contributed by atoms with van der Waals surface area (Å²) in [5.74, 6) is -0.0408. The van der Waals surface area contributed by atoms with Crippen molar-refractivity contribution in [3.05, 3.63) is 35.9 Å². The summed E-state index contributed by atoms with van der Waals surface area (Å²) in [5, 5.41) is 2.89. The number of nitrogens with zero attached hydrogens (tertiary/aromatic N) is 1. The van der Waals surface area contributed by atoms with Gasteiger partial charge < -0.3 is 24.1 Å². The molecule has 0 aromatic heterocycles. The predicted molar refractivity (Wildman–Crippen MR) is 149 cm³/mol. The van der Waals surface area contributed by atoms with Crippen LogP contribution in [-0.2, 0) is 20.5 Å². The summed E-state index contributed by atoms with van der Waals surface area (Å²) >= 11 is 0. The number of alkyl carbamates (subject to hydrolysis) is 1. The average molecular weight is 533 g/mol. The zero-order chi connectivity index (χ0) is 24.2. The van der Waals surface area contributed by atoms with Crippen molar-refractivity contribution >= 4 is 47.5 Å². The highest BCUT2D eigenvalue weighted by Crippen LogP contribution is 2.39. The third-order valence-corrected chi connectivity index (χ3v) is 10.5. The summed E-state index contributed by atoms with van der Waals surface area (Å²) in [5.41, 5.74) is 0.364. The highest BCUT2D eigenvalue weighted by molar-refractivity contribution is 7.59. The van der Waals surface area contributed by atoms with Gasteiger partial charge in [-0.2, -0.15) is 27.0 Å². The maximum atomic E-state index is 12.7. The summed E-state index contributed by atoms with van der Waals surface area (Å²) < 4.78 is 17.5. The molecule has 0 bridgehead atoms. The fraction of sp³-hybridized carbons (Fsp3) is 0.667. The van der Waals surface area contributed by atoms with Crippen LogP contribution in [0.5, 0.6) is 0 Å². The molecule has 1 aromatic rings. The zero-order valence-electron chi connectivity index (χ0n) is 21.9. The number of likely N-dealkylation sites (tertiary alicyclic amines) is 1. The summed E-state index contributed by atoms with van der Waals surface area (Å²) in [6, 6.07) is 9.55. The first-order chi connectivity index (χ1) is 14.7. The van der Waals surface area contributed by atoms with Crippen molar-refractivity contribution in [1.29, 1.82) is 0 Å². The van der Waals surface area contributed by atoms with E-state index >= 15 is 0 Å². The maximum absolute atomic E-state index is 12.7. The molecule has 2 atom stereocenters. The maximum Gasteiger partial charge on any atom is 0.410 e. The Kier molecular flexibility index (Phi) is 12.6. The molecule has 0 spiro atoms. The summed E-state index contributed by atoms with van der Waals surface area (Å²) in [4.78, 5) is 26.6. The van der Waals surface area contributed by atoms with Crippen LogP contribution < -0.4 is 5.32 Å². The lowest BCUT2D eigenvalue weighted by Gasteiger charge is -2.39. The molecule has 2 rings (SSSR count). The van der Waals surface area contributed by atoms with E-state index in [4.69, 9.17) is 13.9 Å². The van der Waals surface area contributed by atoms with Crippen LogP contribution in [0.2, 0.25) is 18.1 Å². The number of amides is 2. The molecule has 1 heterocycles. The number of rotatable bonds is 6. The van der Waals surface area contributed by atoms with E-state index in [1.165, 1.54) is 0 Å². The van der Waals surface area contributed by atoms with E-state index in [0.717, 1.165) is 5.56 Å². The van der Waals surface area contributed by atoms with Crippen LogP contribution >= 0.6 is 27.0 Å². The zero-order valence-corrected chi connectivity index (χ0v) is 24.9. The molecule has 7 nitrogen and oxygen atoms in total. The van der Waals surface area contributed by atoms with Crippen molar-refractivity contribution in [2.45, 2.75) is 78.0 Å². The van der Waals surface area contributed by atoms with E-state index in [9.17, 15) is 9.59 Å². The molecular weight excluding hydrogens is 488 g/mol. The largest absolute Gasteiger partial charge is 0.445 e. The topological polar surface area (TPSA) is 77.1 Å². The van der Waals surface area contributed by atoms with Gasteiger partial charge in [0.05, 0.1) is 6.10 Å². The van der Waals surface area contributed by atoms with Gasteiger partial charge in [0, 0.05) is 25.6 Å². The van der Waals surface area contributed by atoms with Crippen LogP contribution in [0.3, 0.4) is 0 Å². The third kappa shape index (κ3) is 10.1. The molecule has 0 unspecified atom stereocenters. The van der Waals surface area contributed by atoms with E-state index in [1.807, 2.05) is 51.1 Å². The third-order valence-electron chi connectivity index (χ3n) is 6.01. The molecule has 196 valence electrons. The summed E-state index contributed by atoms with van der Waals surface area (Å²) in [7, 11) is -2.06. The Morgan fingerprint density at radius 3 is 2.15 bits per heavy atom. The lowest BCUT2D eigenvalue weighted by Crippen LogP contribution is -2.47. The minimum absolute atomic E-state index is 0. The number of carbonyl (C=O) groups is 2. The normalized spacial score (nSPS) is 18.4. The molecule has 1 aliphatic rings. The van der Waals surface area contributed by atoms with E-state index in [2.05, 4.69) is 39.2 Å². The van der Waals surface area contributed by atoms with Crippen LogP contribution in [0.1, 0.15) is 47.1 Å². The first kappa shape index (κ1) is 32.6. The smallest absolute Gasteiger partial charge is 0.410 e. The fourth-order valence-corrected chi connectivity index (χ4v) is 4.57. The van der Waals surface area contributed by atoms with Gasteiger partial charge in [-0.3, -0.25) is 0 Å². The van der Waals surface area contributed by atoms with E-state index in [1.54, 1.807) is 4.90 Å². The second kappa shape index (κ2) is 13.1. The van der Waals surface area contributed by atoms with Gasteiger partial charge >= 0.3 is 12.2 Å². The fourth-order valence-electron chi connectivity index (χ4n) is 3.19. The molecule has 34 heavy (non-hydrogen) atoms. The number of hydrogen-bond acceptors (Lipinski definition) is 5. The van der Waals surface area contributed by atoms with Crippen molar-refractivity contribution < 1.29 is 23.5 Å². The minimum atomic E-state index is -2.06. The van der Waals surface area contributed by atoms with Crippen molar-refractivity contribution in [2.75, 3.05) is 19.6 Å². The molecule has 1 aliphatic heterocycles. The molecule has 1 saturated heterocycles. The average Bonchev–Trinajstić information content (AvgIpc) is 3.05. The molecular formula is C24H44N2O5S2Si. The van der Waals surface area contributed by atoms with Gasteiger partial charge in [0.15, 0.2) is 8.32 Å². The molecule has 0 saturated carbocycles. The summed E-state index contributed by atoms with van der Waals surface area (Å²) in [6.45, 7) is 18.0. The molecule has 0 radical (unpaired) electrons.